The molecule has 0 bridgehead atoms. The van der Waals surface area contributed by atoms with Crippen molar-refractivity contribution in [3.8, 4) is 0 Å². The highest BCUT2D eigenvalue weighted by Crippen LogP contribution is 2.27. The molecule has 17 heavy (non-hydrogen) atoms. The average Bonchev–Trinajstić information content (AvgIpc) is 2.67. The van der Waals surface area contributed by atoms with E-state index in [1.54, 1.807) is 0 Å². The third-order valence-corrected chi connectivity index (χ3v) is 4.11. The molecule has 1 saturated carbocycles. The van der Waals surface area contributed by atoms with Crippen molar-refractivity contribution >= 4 is 0 Å². The molecule has 0 aromatic heterocycles. The lowest BCUT2D eigenvalue weighted by atomic mass is 9.83. The van der Waals surface area contributed by atoms with Gasteiger partial charge < -0.3 is 14.8 Å². The van der Waals surface area contributed by atoms with Gasteiger partial charge in [0.05, 0.1) is 12.7 Å². The van der Waals surface area contributed by atoms with Crippen molar-refractivity contribution in [2.75, 3.05) is 13.2 Å². The van der Waals surface area contributed by atoms with Crippen molar-refractivity contribution in [3.05, 3.63) is 0 Å². The molecule has 0 spiro atoms. The minimum atomic E-state index is -0.386. The molecule has 3 heteroatoms. The minimum Gasteiger partial charge on any atom is -0.348 e. The highest BCUT2D eigenvalue weighted by atomic mass is 16.7. The molecule has 0 aromatic rings. The molecule has 1 saturated heterocycles. The molecular weight excluding hydrogens is 214 g/mol. The summed E-state index contributed by atoms with van der Waals surface area (Å²) in [6.07, 6.45) is 7.03. The highest BCUT2D eigenvalue weighted by molar-refractivity contribution is 4.82. The maximum absolute atomic E-state index is 5.82. The van der Waals surface area contributed by atoms with Crippen molar-refractivity contribution in [1.82, 2.24) is 5.32 Å². The van der Waals surface area contributed by atoms with E-state index in [0.717, 1.165) is 19.1 Å². The smallest absolute Gasteiger partial charge is 0.163 e. The van der Waals surface area contributed by atoms with E-state index < -0.39 is 0 Å². The Kier molecular flexibility index (Phi) is 4.45. The van der Waals surface area contributed by atoms with Crippen LogP contribution in [0.5, 0.6) is 0 Å². The molecule has 3 atom stereocenters. The predicted molar refractivity (Wildman–Crippen MR) is 68.9 cm³/mol. The summed E-state index contributed by atoms with van der Waals surface area (Å²) >= 11 is 0. The van der Waals surface area contributed by atoms with Gasteiger partial charge in [-0.15, -0.1) is 0 Å². The van der Waals surface area contributed by atoms with E-state index in [4.69, 9.17) is 9.47 Å². The molecule has 1 heterocycles. The summed E-state index contributed by atoms with van der Waals surface area (Å²) in [5.41, 5.74) is 0. The zero-order valence-corrected chi connectivity index (χ0v) is 11.5. The van der Waals surface area contributed by atoms with E-state index in [-0.39, 0.29) is 11.9 Å². The van der Waals surface area contributed by atoms with Gasteiger partial charge in [0.15, 0.2) is 5.79 Å². The summed E-state index contributed by atoms with van der Waals surface area (Å²) in [6, 6.07) is 0.695. The van der Waals surface area contributed by atoms with E-state index >= 15 is 0 Å². The summed E-state index contributed by atoms with van der Waals surface area (Å²) in [6.45, 7) is 7.95. The molecule has 1 N–H and O–H groups in total. The maximum atomic E-state index is 5.82. The molecule has 0 radical (unpaired) electrons. The van der Waals surface area contributed by atoms with Crippen LogP contribution in [0.4, 0.5) is 0 Å². The van der Waals surface area contributed by atoms with E-state index in [2.05, 4.69) is 12.2 Å². The SMILES string of the molecule is CCC1CCCCC1NCC1COC(C)(C)O1. The van der Waals surface area contributed by atoms with Gasteiger partial charge in [0, 0.05) is 12.6 Å². The third-order valence-electron chi connectivity index (χ3n) is 4.11. The second-order valence-electron chi connectivity index (χ2n) is 5.92. The van der Waals surface area contributed by atoms with Crippen molar-refractivity contribution in [2.24, 2.45) is 5.92 Å². The second kappa shape index (κ2) is 5.68. The molecule has 3 nitrogen and oxygen atoms in total. The number of hydrogen-bond donors (Lipinski definition) is 1. The molecule has 100 valence electrons. The quantitative estimate of drug-likeness (QED) is 0.821. The fraction of sp³-hybridized carbons (Fsp3) is 1.00. The lowest BCUT2D eigenvalue weighted by Crippen LogP contribution is -2.42. The standard InChI is InChI=1S/C14H27NO2/c1-4-11-7-5-6-8-13(11)15-9-12-10-16-14(2,3)17-12/h11-13,15H,4-10H2,1-3H3. The maximum Gasteiger partial charge on any atom is 0.163 e. The van der Waals surface area contributed by atoms with Crippen molar-refractivity contribution in [1.29, 1.82) is 0 Å². The van der Waals surface area contributed by atoms with Gasteiger partial charge in [0.2, 0.25) is 0 Å². The number of ether oxygens (including phenoxy) is 2. The van der Waals surface area contributed by atoms with Crippen LogP contribution >= 0.6 is 0 Å². The Hall–Kier alpha value is -0.120. The monoisotopic (exact) mass is 241 g/mol. The van der Waals surface area contributed by atoms with Gasteiger partial charge in [-0.05, 0) is 32.6 Å². The number of nitrogens with one attached hydrogen (secondary N) is 1. The Balaban J connectivity index is 1.74. The number of rotatable bonds is 4. The van der Waals surface area contributed by atoms with Crippen LogP contribution in [-0.2, 0) is 9.47 Å². The summed E-state index contributed by atoms with van der Waals surface area (Å²) in [5, 5.41) is 3.70. The molecule has 2 aliphatic rings. The average molecular weight is 241 g/mol. The Morgan fingerprint density at radius 2 is 2.00 bits per heavy atom. The van der Waals surface area contributed by atoms with E-state index in [9.17, 15) is 0 Å². The molecule has 1 aliphatic heterocycles. The first-order valence-corrected chi connectivity index (χ1v) is 7.16. The van der Waals surface area contributed by atoms with Crippen molar-refractivity contribution in [2.45, 2.75) is 70.8 Å². The van der Waals surface area contributed by atoms with Crippen LogP contribution in [0, 0.1) is 5.92 Å². The second-order valence-corrected chi connectivity index (χ2v) is 5.92. The van der Waals surface area contributed by atoms with Crippen molar-refractivity contribution in [3.63, 3.8) is 0 Å². The summed E-state index contributed by atoms with van der Waals surface area (Å²) < 4.78 is 11.4. The largest absolute Gasteiger partial charge is 0.348 e. The van der Waals surface area contributed by atoms with Gasteiger partial charge in [0.1, 0.15) is 0 Å². The lowest BCUT2D eigenvalue weighted by Gasteiger charge is -2.32. The van der Waals surface area contributed by atoms with Gasteiger partial charge in [0.25, 0.3) is 0 Å². The molecule has 0 amide bonds. The van der Waals surface area contributed by atoms with Gasteiger partial charge in [-0.1, -0.05) is 26.2 Å². The molecule has 2 rings (SSSR count). The fourth-order valence-corrected chi connectivity index (χ4v) is 3.11. The summed E-state index contributed by atoms with van der Waals surface area (Å²) in [7, 11) is 0. The van der Waals surface area contributed by atoms with Crippen LogP contribution < -0.4 is 5.32 Å². The van der Waals surface area contributed by atoms with Crippen LogP contribution in [0.1, 0.15) is 52.9 Å². The first kappa shape index (κ1) is 13.3. The fourth-order valence-electron chi connectivity index (χ4n) is 3.11. The van der Waals surface area contributed by atoms with Gasteiger partial charge in [-0.3, -0.25) is 0 Å². The zero-order chi connectivity index (χ0) is 12.3. The van der Waals surface area contributed by atoms with Crippen LogP contribution in [-0.4, -0.2) is 31.1 Å². The van der Waals surface area contributed by atoms with Gasteiger partial charge in [-0.2, -0.15) is 0 Å². The third kappa shape index (κ3) is 3.67. The van der Waals surface area contributed by atoms with Gasteiger partial charge in [-0.25, -0.2) is 0 Å². The molecule has 3 unspecified atom stereocenters. The van der Waals surface area contributed by atoms with Gasteiger partial charge >= 0.3 is 0 Å². The topological polar surface area (TPSA) is 30.5 Å². The van der Waals surface area contributed by atoms with E-state index in [1.165, 1.54) is 32.1 Å². The van der Waals surface area contributed by atoms with Crippen LogP contribution in [0.3, 0.4) is 0 Å². The Morgan fingerprint density at radius 1 is 1.24 bits per heavy atom. The first-order chi connectivity index (χ1) is 8.11. The Morgan fingerprint density at radius 3 is 2.65 bits per heavy atom. The van der Waals surface area contributed by atoms with Crippen LogP contribution in [0.25, 0.3) is 0 Å². The van der Waals surface area contributed by atoms with Crippen LogP contribution in [0.2, 0.25) is 0 Å². The Bertz CT molecular complexity index is 242. The highest BCUT2D eigenvalue weighted by Gasteiger charge is 2.33. The minimum absolute atomic E-state index is 0.226. The zero-order valence-electron chi connectivity index (χ0n) is 11.5. The summed E-state index contributed by atoms with van der Waals surface area (Å²) in [5.74, 6) is 0.474. The van der Waals surface area contributed by atoms with Crippen LogP contribution in [0.15, 0.2) is 0 Å². The summed E-state index contributed by atoms with van der Waals surface area (Å²) in [4.78, 5) is 0. The molecule has 1 aliphatic carbocycles. The predicted octanol–water partition coefficient (Wildman–Crippen LogP) is 2.70. The Labute approximate surface area is 105 Å². The molecular formula is C14H27NO2. The number of hydrogen-bond acceptors (Lipinski definition) is 3. The lowest BCUT2D eigenvalue weighted by molar-refractivity contribution is -0.138. The molecule has 2 fully saturated rings. The normalized spacial score (nSPS) is 37.2. The first-order valence-electron chi connectivity index (χ1n) is 7.16. The van der Waals surface area contributed by atoms with E-state index in [1.807, 2.05) is 13.8 Å². The molecule has 0 aromatic carbocycles. The van der Waals surface area contributed by atoms with E-state index in [0.29, 0.717) is 6.04 Å². The van der Waals surface area contributed by atoms with Crippen molar-refractivity contribution < 1.29 is 9.47 Å².